The number of aromatic amines is 1. The van der Waals surface area contributed by atoms with Crippen LogP contribution in [-0.4, -0.2) is 52.4 Å². The molecule has 0 aromatic carbocycles. The first-order chi connectivity index (χ1) is 13.1. The van der Waals surface area contributed by atoms with Crippen molar-refractivity contribution >= 4 is 24.0 Å². The Balaban J connectivity index is 2.12. The first-order valence-electron chi connectivity index (χ1n) is 8.36. The van der Waals surface area contributed by atoms with Crippen LogP contribution in [0.3, 0.4) is 0 Å². The summed E-state index contributed by atoms with van der Waals surface area (Å²) in [5, 5.41) is 0. The zero-order valence-corrected chi connectivity index (χ0v) is 15.3. The fourth-order valence-corrected chi connectivity index (χ4v) is 3.38. The van der Waals surface area contributed by atoms with E-state index in [4.69, 9.17) is 18.9 Å². The average molecular weight is 394 g/mol. The molecule has 150 valence electrons. The molecule has 0 unspecified atom stereocenters. The summed E-state index contributed by atoms with van der Waals surface area (Å²) in [5.41, 5.74) is -2.90. The molecule has 4 atom stereocenters. The second kappa shape index (κ2) is 7.08. The number of hydrogen-bond acceptors (Lipinski definition) is 9. The van der Waals surface area contributed by atoms with Crippen molar-refractivity contribution < 1.29 is 33.3 Å². The Bertz CT molecular complexity index is 976. The van der Waals surface area contributed by atoms with Crippen LogP contribution < -0.4 is 11.2 Å². The van der Waals surface area contributed by atoms with Crippen molar-refractivity contribution in [2.45, 2.75) is 44.8 Å². The monoisotopic (exact) mass is 394 g/mol. The second-order valence-corrected chi connectivity index (χ2v) is 6.35. The maximum absolute atomic E-state index is 12.5. The fourth-order valence-electron chi connectivity index (χ4n) is 3.38. The van der Waals surface area contributed by atoms with Crippen LogP contribution in [0, 0.1) is 0 Å². The van der Waals surface area contributed by atoms with Gasteiger partial charge in [-0.3, -0.25) is 28.7 Å². The van der Waals surface area contributed by atoms with Crippen LogP contribution in [-0.2, 0) is 39.1 Å². The van der Waals surface area contributed by atoms with Crippen molar-refractivity contribution in [3.8, 4) is 0 Å². The zero-order chi connectivity index (χ0) is 20.6. The molecular formula is C17H18N2O9. The minimum atomic E-state index is -1.69. The molecule has 3 heterocycles. The minimum Gasteiger partial charge on any atom is -0.463 e. The Morgan fingerprint density at radius 2 is 1.82 bits per heavy atom. The Morgan fingerprint density at radius 1 is 1.14 bits per heavy atom. The Hall–Kier alpha value is -3.21. The summed E-state index contributed by atoms with van der Waals surface area (Å²) >= 11 is 0. The van der Waals surface area contributed by atoms with E-state index in [0.717, 1.165) is 18.4 Å². The average Bonchev–Trinajstić information content (AvgIpc) is 3.06. The Labute approximate surface area is 157 Å². The summed E-state index contributed by atoms with van der Waals surface area (Å²) in [4.78, 5) is 60.8. The summed E-state index contributed by atoms with van der Waals surface area (Å²) in [6.45, 7) is 3.18. The van der Waals surface area contributed by atoms with Gasteiger partial charge in [-0.05, 0) is 12.2 Å². The number of nitrogens with one attached hydrogen (secondary N) is 1. The van der Waals surface area contributed by atoms with E-state index in [2.05, 4.69) is 4.98 Å². The molecule has 0 radical (unpaired) electrons. The van der Waals surface area contributed by atoms with E-state index in [1.807, 2.05) is 0 Å². The van der Waals surface area contributed by atoms with Crippen molar-refractivity contribution in [2.24, 2.45) is 0 Å². The van der Waals surface area contributed by atoms with Gasteiger partial charge in [0.25, 0.3) is 5.56 Å². The molecule has 0 saturated carbocycles. The molecule has 1 N–H and O–H groups in total. The molecular weight excluding hydrogens is 376 g/mol. The van der Waals surface area contributed by atoms with E-state index in [0.29, 0.717) is 0 Å². The maximum Gasteiger partial charge on any atom is 0.331 e. The largest absolute Gasteiger partial charge is 0.463 e. The quantitative estimate of drug-likeness (QED) is 0.504. The van der Waals surface area contributed by atoms with Crippen molar-refractivity contribution in [1.29, 1.82) is 0 Å². The van der Waals surface area contributed by atoms with Gasteiger partial charge in [0.1, 0.15) is 12.7 Å². The lowest BCUT2D eigenvalue weighted by molar-refractivity contribution is -0.171. The molecule has 1 saturated heterocycles. The molecule has 11 nitrogen and oxygen atoms in total. The number of hydrogen-bond donors (Lipinski definition) is 1. The lowest BCUT2D eigenvalue weighted by Gasteiger charge is -2.31. The Kier molecular flexibility index (Phi) is 4.94. The summed E-state index contributed by atoms with van der Waals surface area (Å²) in [6.07, 6.45) is -0.599. The number of carbonyl (C=O) groups excluding carboxylic acids is 3. The number of carbonyl (C=O) groups is 3. The number of H-pyrrole nitrogens is 1. The lowest BCUT2D eigenvalue weighted by Crippen LogP contribution is -2.51. The van der Waals surface area contributed by atoms with Crippen molar-refractivity contribution in [3.63, 3.8) is 0 Å². The van der Waals surface area contributed by atoms with Gasteiger partial charge in [0.15, 0.2) is 12.2 Å². The summed E-state index contributed by atoms with van der Waals surface area (Å²) in [6, 6.07) is 1.17. The van der Waals surface area contributed by atoms with E-state index in [1.165, 1.54) is 25.1 Å². The van der Waals surface area contributed by atoms with Gasteiger partial charge in [0.2, 0.25) is 5.72 Å². The van der Waals surface area contributed by atoms with Crippen LogP contribution in [0.2, 0.25) is 0 Å². The zero-order valence-electron chi connectivity index (χ0n) is 15.3. The van der Waals surface area contributed by atoms with E-state index in [1.54, 1.807) is 0 Å². The summed E-state index contributed by atoms with van der Waals surface area (Å²) in [7, 11) is 0. The highest BCUT2D eigenvalue weighted by Crippen LogP contribution is 2.43. The van der Waals surface area contributed by atoms with Crippen molar-refractivity contribution in [2.75, 3.05) is 6.61 Å². The predicted molar refractivity (Wildman–Crippen MR) is 90.9 cm³/mol. The fraction of sp³-hybridized carbons (Fsp3) is 0.471. The number of ether oxygens (including phenoxy) is 4. The lowest BCUT2D eigenvalue weighted by atomic mass is 10.0. The van der Waals surface area contributed by atoms with Gasteiger partial charge in [-0.2, -0.15) is 0 Å². The van der Waals surface area contributed by atoms with E-state index >= 15 is 0 Å². The number of aromatic nitrogens is 2. The van der Waals surface area contributed by atoms with Gasteiger partial charge in [0, 0.05) is 26.8 Å². The van der Waals surface area contributed by atoms with Crippen LogP contribution >= 0.6 is 0 Å². The predicted octanol–water partition coefficient (Wildman–Crippen LogP) is -0.958. The van der Waals surface area contributed by atoms with E-state index in [-0.39, 0.29) is 12.3 Å². The van der Waals surface area contributed by atoms with Crippen LogP contribution in [0.5, 0.6) is 0 Å². The summed E-state index contributed by atoms with van der Waals surface area (Å²) in [5.74, 6) is -2.00. The third-order valence-electron chi connectivity index (χ3n) is 4.27. The molecule has 11 heteroatoms. The topological polar surface area (TPSA) is 143 Å². The van der Waals surface area contributed by atoms with Gasteiger partial charge in [0.05, 0.1) is 5.69 Å². The standard InChI is InChI=1S/C17H18N2O9/c1-8(20)25-7-12-14(26-9(2)21)15(27-10(3)22)17(28-12)5-4-11-6-13(23)18-16(24)19(11)17/h4-6,12,14-15H,7H2,1-3H3,(H,18,23,24)/t12-,14-,15-,17+/m1/s1. The normalized spacial score (nSPS) is 27.5. The molecule has 28 heavy (non-hydrogen) atoms. The third-order valence-corrected chi connectivity index (χ3v) is 4.27. The molecule has 1 aromatic heterocycles. The van der Waals surface area contributed by atoms with Gasteiger partial charge in [-0.25, -0.2) is 4.79 Å². The van der Waals surface area contributed by atoms with Crippen molar-refractivity contribution in [3.05, 3.63) is 38.7 Å². The molecule has 2 aliphatic rings. The molecule has 1 fully saturated rings. The second-order valence-electron chi connectivity index (χ2n) is 6.35. The van der Waals surface area contributed by atoms with Gasteiger partial charge < -0.3 is 18.9 Å². The first kappa shape index (κ1) is 19.5. The van der Waals surface area contributed by atoms with Gasteiger partial charge >= 0.3 is 23.6 Å². The van der Waals surface area contributed by atoms with Crippen LogP contribution in [0.4, 0.5) is 0 Å². The highest BCUT2D eigenvalue weighted by Gasteiger charge is 2.61. The number of nitrogens with zero attached hydrogens (tertiary/aromatic N) is 1. The first-order valence-corrected chi connectivity index (χ1v) is 8.36. The molecule has 2 aliphatic heterocycles. The molecule has 0 amide bonds. The van der Waals surface area contributed by atoms with Crippen LogP contribution in [0.15, 0.2) is 21.7 Å². The molecule has 3 rings (SSSR count). The van der Waals surface area contributed by atoms with Crippen molar-refractivity contribution in [1.82, 2.24) is 9.55 Å². The molecule has 0 aliphatic carbocycles. The van der Waals surface area contributed by atoms with Gasteiger partial charge in [-0.1, -0.05) is 0 Å². The SMILES string of the molecule is CC(=O)OC[C@H]1O[C@@]2(C=Cc3cc(=O)[nH]c(=O)n32)[C@H](OC(C)=O)[C@@H]1OC(C)=O. The minimum absolute atomic E-state index is 0.209. The third kappa shape index (κ3) is 3.36. The summed E-state index contributed by atoms with van der Waals surface area (Å²) < 4.78 is 22.7. The highest BCUT2D eigenvalue weighted by molar-refractivity contribution is 5.68. The highest BCUT2D eigenvalue weighted by atomic mass is 16.7. The number of esters is 3. The molecule has 1 spiro atoms. The molecule has 0 bridgehead atoms. The van der Waals surface area contributed by atoms with Crippen LogP contribution in [0.25, 0.3) is 6.08 Å². The van der Waals surface area contributed by atoms with Crippen LogP contribution in [0.1, 0.15) is 26.5 Å². The van der Waals surface area contributed by atoms with E-state index in [9.17, 15) is 24.0 Å². The Morgan fingerprint density at radius 3 is 2.43 bits per heavy atom. The maximum atomic E-state index is 12.5. The molecule has 1 aromatic rings. The van der Waals surface area contributed by atoms with E-state index < -0.39 is 53.2 Å². The smallest absolute Gasteiger partial charge is 0.331 e. The number of rotatable bonds is 4. The van der Waals surface area contributed by atoms with Gasteiger partial charge in [-0.15, -0.1) is 0 Å². The number of fused-ring (bicyclic) bond motifs is 2.